The van der Waals surface area contributed by atoms with Crippen LogP contribution in [-0.2, 0) is 22.4 Å². The highest BCUT2D eigenvalue weighted by molar-refractivity contribution is 6.01. The fraction of sp³-hybridized carbons (Fsp3) is 0.391. The second-order valence-corrected chi connectivity index (χ2v) is 7.18. The van der Waals surface area contributed by atoms with Crippen molar-refractivity contribution in [2.45, 2.75) is 46.1 Å². The van der Waals surface area contributed by atoms with Crippen molar-refractivity contribution in [3.8, 4) is 0 Å². The average Bonchev–Trinajstić information content (AvgIpc) is 3.09. The zero-order valence-corrected chi connectivity index (χ0v) is 16.4. The first-order valence-corrected chi connectivity index (χ1v) is 9.81. The quantitative estimate of drug-likeness (QED) is 0.841. The Morgan fingerprint density at radius 3 is 2.30 bits per heavy atom. The average molecular weight is 364 g/mol. The summed E-state index contributed by atoms with van der Waals surface area (Å²) in [5.74, 6) is -0.314. The van der Waals surface area contributed by atoms with Crippen LogP contribution >= 0.6 is 0 Å². The van der Waals surface area contributed by atoms with Crippen LogP contribution in [0.3, 0.4) is 0 Å². The fourth-order valence-corrected chi connectivity index (χ4v) is 3.82. The lowest BCUT2D eigenvalue weighted by Crippen LogP contribution is -2.35. The Labute approximate surface area is 161 Å². The van der Waals surface area contributed by atoms with E-state index >= 15 is 0 Å². The molecule has 4 nitrogen and oxygen atoms in total. The summed E-state index contributed by atoms with van der Waals surface area (Å²) in [5.41, 5.74) is 4.42. The van der Waals surface area contributed by atoms with E-state index in [4.69, 9.17) is 0 Å². The molecular weight excluding hydrogens is 336 g/mol. The van der Waals surface area contributed by atoms with E-state index in [1.807, 2.05) is 48.2 Å². The highest BCUT2D eigenvalue weighted by Gasteiger charge is 2.36. The van der Waals surface area contributed by atoms with Gasteiger partial charge in [0, 0.05) is 18.7 Å². The molecule has 1 fully saturated rings. The van der Waals surface area contributed by atoms with Crippen LogP contribution in [0, 0.1) is 5.92 Å². The number of carbonyl (C=O) groups excluding carboxylic acids is 2. The highest BCUT2D eigenvalue weighted by atomic mass is 16.2. The van der Waals surface area contributed by atoms with E-state index in [0.29, 0.717) is 6.54 Å². The number of amides is 2. The Morgan fingerprint density at radius 2 is 1.70 bits per heavy atom. The lowest BCUT2D eigenvalue weighted by molar-refractivity contribution is -0.126. The number of nitrogens with zero attached hydrogens (tertiary/aromatic N) is 1. The molecule has 2 aromatic rings. The Bertz CT molecular complexity index is 794. The van der Waals surface area contributed by atoms with E-state index in [1.165, 1.54) is 11.1 Å². The third-order valence-electron chi connectivity index (χ3n) is 5.39. The van der Waals surface area contributed by atoms with Crippen molar-refractivity contribution in [1.29, 1.82) is 0 Å². The van der Waals surface area contributed by atoms with Crippen LogP contribution in [-0.4, -0.2) is 18.4 Å². The number of carbonyl (C=O) groups is 2. The highest BCUT2D eigenvalue weighted by Crippen LogP contribution is 2.32. The van der Waals surface area contributed by atoms with Gasteiger partial charge in [0.15, 0.2) is 0 Å². The van der Waals surface area contributed by atoms with E-state index in [0.717, 1.165) is 24.1 Å². The number of aryl methyl sites for hydroxylation is 2. The Balaban J connectivity index is 1.75. The van der Waals surface area contributed by atoms with Crippen LogP contribution in [0.2, 0.25) is 0 Å². The zero-order chi connectivity index (χ0) is 19.4. The van der Waals surface area contributed by atoms with Crippen LogP contribution in [0.4, 0.5) is 5.69 Å². The maximum atomic E-state index is 12.8. The summed E-state index contributed by atoms with van der Waals surface area (Å²) >= 11 is 0. The van der Waals surface area contributed by atoms with Crippen molar-refractivity contribution in [1.82, 2.24) is 5.32 Å². The predicted octanol–water partition coefficient (Wildman–Crippen LogP) is 4.04. The Hall–Kier alpha value is -2.62. The van der Waals surface area contributed by atoms with Crippen molar-refractivity contribution in [2.75, 3.05) is 11.4 Å². The molecule has 0 bridgehead atoms. The van der Waals surface area contributed by atoms with Gasteiger partial charge < -0.3 is 10.2 Å². The third kappa shape index (κ3) is 4.05. The lowest BCUT2D eigenvalue weighted by atomic mass is 10.0. The summed E-state index contributed by atoms with van der Waals surface area (Å²) < 4.78 is 0. The molecule has 2 amide bonds. The normalized spacial score (nSPS) is 17.8. The van der Waals surface area contributed by atoms with Gasteiger partial charge in [-0.15, -0.1) is 0 Å². The molecular formula is C23H28N2O2. The van der Waals surface area contributed by atoms with Gasteiger partial charge >= 0.3 is 0 Å². The molecule has 1 N–H and O–H groups in total. The third-order valence-corrected chi connectivity index (χ3v) is 5.39. The van der Waals surface area contributed by atoms with Crippen LogP contribution in [0.1, 0.15) is 49.9 Å². The number of nitrogens with one attached hydrogen (secondary N) is 1. The van der Waals surface area contributed by atoms with E-state index in [1.54, 1.807) is 0 Å². The summed E-state index contributed by atoms with van der Waals surface area (Å²) in [5, 5.41) is 3.07. The molecule has 0 spiro atoms. The monoisotopic (exact) mass is 364 g/mol. The first-order valence-electron chi connectivity index (χ1n) is 9.81. The molecule has 2 atom stereocenters. The molecule has 1 saturated heterocycles. The number of benzene rings is 2. The fourth-order valence-electron chi connectivity index (χ4n) is 3.82. The molecule has 0 aromatic heterocycles. The number of para-hydroxylation sites is 1. The second-order valence-electron chi connectivity index (χ2n) is 7.18. The molecule has 142 valence electrons. The minimum Gasteiger partial charge on any atom is -0.349 e. The molecule has 1 aliphatic heterocycles. The van der Waals surface area contributed by atoms with Gasteiger partial charge in [-0.05, 0) is 36.5 Å². The van der Waals surface area contributed by atoms with Crippen LogP contribution < -0.4 is 10.2 Å². The number of rotatable bonds is 6. The van der Waals surface area contributed by atoms with Gasteiger partial charge in [0.2, 0.25) is 11.8 Å². The molecule has 2 aromatic carbocycles. The van der Waals surface area contributed by atoms with Gasteiger partial charge in [-0.2, -0.15) is 0 Å². The summed E-state index contributed by atoms with van der Waals surface area (Å²) in [4.78, 5) is 27.3. The van der Waals surface area contributed by atoms with Crippen molar-refractivity contribution in [3.05, 3.63) is 65.2 Å². The molecule has 4 heteroatoms. The molecule has 0 aliphatic carbocycles. The Morgan fingerprint density at radius 1 is 1.07 bits per heavy atom. The zero-order valence-electron chi connectivity index (χ0n) is 16.4. The van der Waals surface area contributed by atoms with Crippen LogP contribution in [0.25, 0.3) is 0 Å². The molecule has 0 unspecified atom stereocenters. The number of anilines is 1. The summed E-state index contributed by atoms with van der Waals surface area (Å²) in [6.45, 7) is 6.63. The largest absolute Gasteiger partial charge is 0.349 e. The second kappa shape index (κ2) is 8.38. The van der Waals surface area contributed by atoms with Crippen LogP contribution in [0.5, 0.6) is 0 Å². The summed E-state index contributed by atoms with van der Waals surface area (Å²) in [7, 11) is 0. The predicted molar refractivity (Wildman–Crippen MR) is 109 cm³/mol. The minimum absolute atomic E-state index is 0.0399. The standard InChI is InChI=1S/C23H28N2O2/c1-4-17-12-9-13-18(5-2)22(17)25-15-20(14-21(25)26)23(27)24-16(3)19-10-7-6-8-11-19/h6-13,16,20H,4-5,14-15H2,1-3H3,(H,24,27)/t16-,20+/m0/s1. The molecule has 1 aliphatic rings. The maximum absolute atomic E-state index is 12.8. The van der Waals surface area contributed by atoms with E-state index in [9.17, 15) is 9.59 Å². The van der Waals surface area contributed by atoms with Crippen molar-refractivity contribution >= 4 is 17.5 Å². The maximum Gasteiger partial charge on any atom is 0.227 e. The number of hydrogen-bond donors (Lipinski definition) is 1. The summed E-state index contributed by atoms with van der Waals surface area (Å²) in [6, 6.07) is 16.0. The molecule has 3 rings (SSSR count). The van der Waals surface area contributed by atoms with Gasteiger partial charge in [-0.3, -0.25) is 9.59 Å². The summed E-state index contributed by atoms with van der Waals surface area (Å²) in [6.07, 6.45) is 2.01. The van der Waals surface area contributed by atoms with Gasteiger partial charge in [-0.25, -0.2) is 0 Å². The van der Waals surface area contributed by atoms with E-state index < -0.39 is 0 Å². The van der Waals surface area contributed by atoms with Gasteiger partial charge in [0.05, 0.1) is 12.0 Å². The minimum atomic E-state index is -0.307. The lowest BCUT2D eigenvalue weighted by Gasteiger charge is -2.23. The first-order chi connectivity index (χ1) is 13.0. The van der Waals surface area contributed by atoms with Crippen molar-refractivity contribution < 1.29 is 9.59 Å². The molecule has 0 radical (unpaired) electrons. The molecule has 0 saturated carbocycles. The smallest absolute Gasteiger partial charge is 0.227 e. The van der Waals surface area contributed by atoms with E-state index in [2.05, 4.69) is 31.3 Å². The van der Waals surface area contributed by atoms with Crippen molar-refractivity contribution in [2.24, 2.45) is 5.92 Å². The number of hydrogen-bond acceptors (Lipinski definition) is 2. The SMILES string of the molecule is CCc1cccc(CC)c1N1C[C@H](C(=O)N[C@@H](C)c2ccccc2)CC1=O. The molecule has 27 heavy (non-hydrogen) atoms. The Kier molecular flexibility index (Phi) is 5.94. The van der Waals surface area contributed by atoms with Gasteiger partial charge in [0.25, 0.3) is 0 Å². The van der Waals surface area contributed by atoms with Crippen molar-refractivity contribution in [3.63, 3.8) is 0 Å². The first kappa shape index (κ1) is 19.2. The van der Waals surface area contributed by atoms with Gasteiger partial charge in [0.1, 0.15) is 0 Å². The van der Waals surface area contributed by atoms with Crippen LogP contribution in [0.15, 0.2) is 48.5 Å². The molecule has 1 heterocycles. The van der Waals surface area contributed by atoms with E-state index in [-0.39, 0.29) is 30.2 Å². The topological polar surface area (TPSA) is 49.4 Å². The van der Waals surface area contributed by atoms with Gasteiger partial charge in [-0.1, -0.05) is 62.4 Å².